The van der Waals surface area contributed by atoms with Crippen LogP contribution in [0.25, 0.3) is 11.1 Å². The molecule has 1 N–H and O–H groups in total. The van der Waals surface area contributed by atoms with Crippen molar-refractivity contribution in [3.8, 4) is 22.9 Å². The number of aromatic hydroxyl groups is 1. The van der Waals surface area contributed by atoms with Gasteiger partial charge in [0.25, 0.3) is 0 Å². The molecule has 0 fully saturated rings. The fraction of sp³-hybridized carbons (Fsp3) is 0.188. The van der Waals surface area contributed by atoms with Gasteiger partial charge in [-0.1, -0.05) is 31.5 Å². The van der Waals surface area contributed by atoms with Gasteiger partial charge in [-0.2, -0.15) is 5.26 Å². The lowest BCUT2D eigenvalue weighted by atomic mass is 9.98. The number of benzene rings is 2. The smallest absolute Gasteiger partial charge is 0.115 e. The van der Waals surface area contributed by atoms with E-state index in [1.54, 1.807) is 12.1 Å². The van der Waals surface area contributed by atoms with Gasteiger partial charge in [0.05, 0.1) is 11.6 Å². The van der Waals surface area contributed by atoms with E-state index in [0.717, 1.165) is 24.0 Å². The number of nitriles is 1. The summed E-state index contributed by atoms with van der Waals surface area (Å²) in [5, 5.41) is 18.3. The predicted octanol–water partition coefficient (Wildman–Crippen LogP) is 3.88. The lowest BCUT2D eigenvalue weighted by Gasteiger charge is -2.06. The summed E-state index contributed by atoms with van der Waals surface area (Å²) in [7, 11) is 0. The van der Waals surface area contributed by atoms with Crippen molar-refractivity contribution in [2.75, 3.05) is 0 Å². The van der Waals surface area contributed by atoms with Crippen LogP contribution in [0.3, 0.4) is 0 Å². The first-order valence-electron chi connectivity index (χ1n) is 6.06. The minimum Gasteiger partial charge on any atom is -0.508 e. The van der Waals surface area contributed by atoms with E-state index >= 15 is 0 Å². The zero-order chi connectivity index (χ0) is 13.0. The Morgan fingerprint density at radius 3 is 2.39 bits per heavy atom. The number of aryl methyl sites for hydroxylation is 1. The first-order chi connectivity index (χ1) is 8.72. The molecule has 0 amide bonds. The van der Waals surface area contributed by atoms with Crippen molar-refractivity contribution in [1.82, 2.24) is 0 Å². The number of rotatable bonds is 3. The van der Waals surface area contributed by atoms with Crippen molar-refractivity contribution >= 4 is 0 Å². The van der Waals surface area contributed by atoms with E-state index in [9.17, 15) is 5.11 Å². The van der Waals surface area contributed by atoms with Crippen LogP contribution >= 0.6 is 0 Å². The SMILES string of the molecule is CCCc1cc(C#N)cc(-c2ccc(O)cc2)c1. The zero-order valence-electron chi connectivity index (χ0n) is 10.4. The van der Waals surface area contributed by atoms with Crippen LogP contribution in [0, 0.1) is 11.3 Å². The van der Waals surface area contributed by atoms with Crippen molar-refractivity contribution in [1.29, 1.82) is 5.26 Å². The largest absolute Gasteiger partial charge is 0.508 e. The number of phenolic OH excluding ortho intramolecular Hbond substituents is 1. The second kappa shape index (κ2) is 5.37. The van der Waals surface area contributed by atoms with Crippen molar-refractivity contribution < 1.29 is 5.11 Å². The van der Waals surface area contributed by atoms with Crippen LogP contribution < -0.4 is 0 Å². The van der Waals surface area contributed by atoms with Gasteiger partial charge >= 0.3 is 0 Å². The molecule has 0 unspecified atom stereocenters. The summed E-state index contributed by atoms with van der Waals surface area (Å²) in [6.07, 6.45) is 2.03. The Kier molecular flexibility index (Phi) is 3.64. The molecule has 2 nitrogen and oxygen atoms in total. The van der Waals surface area contributed by atoms with Gasteiger partial charge in [0, 0.05) is 0 Å². The van der Waals surface area contributed by atoms with Crippen molar-refractivity contribution in [3.63, 3.8) is 0 Å². The van der Waals surface area contributed by atoms with E-state index in [2.05, 4.69) is 19.1 Å². The average Bonchev–Trinajstić information content (AvgIpc) is 2.39. The van der Waals surface area contributed by atoms with Crippen LogP contribution in [0.15, 0.2) is 42.5 Å². The summed E-state index contributed by atoms with van der Waals surface area (Å²) in [4.78, 5) is 0. The highest BCUT2D eigenvalue weighted by Gasteiger charge is 2.03. The summed E-state index contributed by atoms with van der Waals surface area (Å²) >= 11 is 0. The van der Waals surface area contributed by atoms with Crippen LogP contribution in [0.1, 0.15) is 24.5 Å². The van der Waals surface area contributed by atoms with Gasteiger partial charge in [0.15, 0.2) is 0 Å². The number of nitrogens with zero attached hydrogens (tertiary/aromatic N) is 1. The molecule has 2 aromatic carbocycles. The van der Waals surface area contributed by atoms with Crippen LogP contribution in [-0.4, -0.2) is 5.11 Å². The number of hydrogen-bond acceptors (Lipinski definition) is 2. The maximum absolute atomic E-state index is 9.29. The number of phenols is 1. The van der Waals surface area contributed by atoms with Crippen LogP contribution in [0.4, 0.5) is 0 Å². The van der Waals surface area contributed by atoms with Gasteiger partial charge in [-0.3, -0.25) is 0 Å². The highest BCUT2D eigenvalue weighted by atomic mass is 16.3. The molecule has 90 valence electrons. The molecule has 0 heterocycles. The Hall–Kier alpha value is -2.27. The minimum absolute atomic E-state index is 0.254. The Morgan fingerprint density at radius 2 is 1.78 bits per heavy atom. The Balaban J connectivity index is 2.46. The van der Waals surface area contributed by atoms with Crippen molar-refractivity contribution in [2.45, 2.75) is 19.8 Å². The lowest BCUT2D eigenvalue weighted by Crippen LogP contribution is -1.88. The fourth-order valence-electron chi connectivity index (χ4n) is 2.01. The molecule has 2 rings (SSSR count). The molecule has 0 aliphatic carbocycles. The topological polar surface area (TPSA) is 44.0 Å². The molecule has 0 aliphatic heterocycles. The van der Waals surface area contributed by atoms with Crippen LogP contribution in [-0.2, 0) is 6.42 Å². The summed E-state index contributed by atoms with van der Waals surface area (Å²) in [5.74, 6) is 0.254. The van der Waals surface area contributed by atoms with E-state index < -0.39 is 0 Å². The molecule has 0 saturated heterocycles. The Bertz CT molecular complexity index is 579. The molecule has 18 heavy (non-hydrogen) atoms. The first-order valence-corrected chi connectivity index (χ1v) is 6.06. The molecule has 2 heteroatoms. The molecule has 0 aromatic heterocycles. The Labute approximate surface area is 107 Å². The third-order valence-electron chi connectivity index (χ3n) is 2.86. The molecular weight excluding hydrogens is 222 g/mol. The molecule has 0 radical (unpaired) electrons. The summed E-state index contributed by atoms with van der Waals surface area (Å²) in [6.45, 7) is 2.12. The van der Waals surface area contributed by atoms with Crippen LogP contribution in [0.5, 0.6) is 5.75 Å². The summed E-state index contributed by atoms with van der Waals surface area (Å²) in [5.41, 5.74) is 3.91. The zero-order valence-corrected chi connectivity index (χ0v) is 10.4. The predicted molar refractivity (Wildman–Crippen MR) is 72.3 cm³/mol. The van der Waals surface area contributed by atoms with Gasteiger partial charge in [-0.25, -0.2) is 0 Å². The maximum Gasteiger partial charge on any atom is 0.115 e. The lowest BCUT2D eigenvalue weighted by molar-refractivity contribution is 0.475. The Morgan fingerprint density at radius 1 is 1.06 bits per heavy atom. The van der Waals surface area contributed by atoms with Gasteiger partial charge in [-0.15, -0.1) is 0 Å². The third kappa shape index (κ3) is 2.70. The second-order valence-electron chi connectivity index (χ2n) is 4.33. The summed E-state index contributed by atoms with van der Waals surface area (Å²) < 4.78 is 0. The highest BCUT2D eigenvalue weighted by molar-refractivity contribution is 5.67. The van der Waals surface area contributed by atoms with Gasteiger partial charge in [0.1, 0.15) is 5.75 Å². The average molecular weight is 237 g/mol. The number of hydrogen-bond donors (Lipinski definition) is 1. The van der Waals surface area contributed by atoms with E-state index in [4.69, 9.17) is 5.26 Å². The van der Waals surface area contributed by atoms with Gasteiger partial charge in [-0.05, 0) is 47.4 Å². The third-order valence-corrected chi connectivity index (χ3v) is 2.86. The molecule has 2 aromatic rings. The monoisotopic (exact) mass is 237 g/mol. The van der Waals surface area contributed by atoms with Crippen molar-refractivity contribution in [2.24, 2.45) is 0 Å². The van der Waals surface area contributed by atoms with Crippen LogP contribution in [0.2, 0.25) is 0 Å². The molecule has 0 spiro atoms. The van der Waals surface area contributed by atoms with E-state index in [-0.39, 0.29) is 5.75 Å². The summed E-state index contributed by atoms with van der Waals surface area (Å²) in [6, 6.07) is 15.2. The van der Waals surface area contributed by atoms with E-state index in [1.807, 2.05) is 24.3 Å². The van der Waals surface area contributed by atoms with Crippen molar-refractivity contribution in [3.05, 3.63) is 53.6 Å². The molecule has 0 atom stereocenters. The molecule has 0 saturated carbocycles. The molecule has 0 bridgehead atoms. The second-order valence-corrected chi connectivity index (χ2v) is 4.33. The fourth-order valence-corrected chi connectivity index (χ4v) is 2.01. The van der Waals surface area contributed by atoms with E-state index in [1.165, 1.54) is 5.56 Å². The minimum atomic E-state index is 0.254. The first kappa shape index (κ1) is 12.2. The maximum atomic E-state index is 9.29. The quantitative estimate of drug-likeness (QED) is 0.880. The van der Waals surface area contributed by atoms with Gasteiger partial charge in [0.2, 0.25) is 0 Å². The van der Waals surface area contributed by atoms with Gasteiger partial charge < -0.3 is 5.11 Å². The molecular formula is C16H15NO. The highest BCUT2D eigenvalue weighted by Crippen LogP contribution is 2.24. The standard InChI is InChI=1S/C16H15NO/c1-2-3-12-8-13(11-17)10-15(9-12)14-4-6-16(18)7-5-14/h4-10,18H,2-3H2,1H3. The van der Waals surface area contributed by atoms with E-state index in [0.29, 0.717) is 5.56 Å². The molecule has 0 aliphatic rings. The normalized spacial score (nSPS) is 10.0.